The van der Waals surface area contributed by atoms with Gasteiger partial charge < -0.3 is 10.6 Å². The molecular formula is C12H21N3. The van der Waals surface area contributed by atoms with Crippen molar-refractivity contribution in [1.82, 2.24) is 9.88 Å². The highest BCUT2D eigenvalue weighted by Gasteiger charge is 2.13. The lowest BCUT2D eigenvalue weighted by Gasteiger charge is -2.26. The smallest absolute Gasteiger partial charge is 0.0564 e. The fraction of sp³-hybridized carbons (Fsp3) is 0.583. The molecule has 0 fully saturated rings. The maximum atomic E-state index is 5.70. The van der Waals surface area contributed by atoms with E-state index in [2.05, 4.69) is 37.7 Å². The molecule has 0 bridgehead atoms. The Morgan fingerprint density at radius 1 is 1.40 bits per heavy atom. The van der Waals surface area contributed by atoms with Crippen LogP contribution in [0.1, 0.15) is 26.5 Å². The van der Waals surface area contributed by atoms with Gasteiger partial charge in [0.2, 0.25) is 0 Å². The van der Waals surface area contributed by atoms with Crippen LogP contribution in [0.25, 0.3) is 0 Å². The minimum Gasteiger partial charge on any atom is -0.399 e. The molecular weight excluding hydrogens is 186 g/mol. The van der Waals surface area contributed by atoms with Crippen LogP contribution in [0, 0.1) is 5.41 Å². The van der Waals surface area contributed by atoms with Crippen molar-refractivity contribution in [3.05, 3.63) is 24.0 Å². The van der Waals surface area contributed by atoms with Crippen LogP contribution in [0.5, 0.6) is 0 Å². The third kappa shape index (κ3) is 4.79. The van der Waals surface area contributed by atoms with Crippen LogP contribution < -0.4 is 5.73 Å². The standard InChI is InChI=1S/C12H21N3/c1-12(2,3)9-15(4)8-11-7-10(13)5-6-14-11/h5-7H,8-9H2,1-4H3,(H2,13,14). The van der Waals surface area contributed by atoms with Crippen LogP contribution in [-0.2, 0) is 6.54 Å². The van der Waals surface area contributed by atoms with E-state index >= 15 is 0 Å². The molecule has 0 saturated carbocycles. The zero-order valence-electron chi connectivity index (χ0n) is 10.1. The van der Waals surface area contributed by atoms with Crippen molar-refractivity contribution in [2.75, 3.05) is 19.3 Å². The summed E-state index contributed by atoms with van der Waals surface area (Å²) in [4.78, 5) is 6.55. The summed E-state index contributed by atoms with van der Waals surface area (Å²) in [7, 11) is 2.11. The van der Waals surface area contributed by atoms with Gasteiger partial charge in [0.05, 0.1) is 5.69 Å². The van der Waals surface area contributed by atoms with E-state index in [1.54, 1.807) is 6.20 Å². The van der Waals surface area contributed by atoms with Gasteiger partial charge in [-0.3, -0.25) is 4.98 Å². The normalized spacial score (nSPS) is 12.1. The number of nitrogens with two attached hydrogens (primary N) is 1. The van der Waals surface area contributed by atoms with Crippen molar-refractivity contribution in [2.24, 2.45) is 5.41 Å². The topological polar surface area (TPSA) is 42.1 Å². The van der Waals surface area contributed by atoms with Crippen LogP contribution in [-0.4, -0.2) is 23.5 Å². The maximum Gasteiger partial charge on any atom is 0.0564 e. The van der Waals surface area contributed by atoms with Crippen LogP contribution in [0.4, 0.5) is 5.69 Å². The molecule has 0 saturated heterocycles. The second-order valence-corrected chi connectivity index (χ2v) is 5.31. The van der Waals surface area contributed by atoms with E-state index in [1.165, 1.54) is 0 Å². The quantitative estimate of drug-likeness (QED) is 0.825. The lowest BCUT2D eigenvalue weighted by atomic mass is 9.96. The van der Waals surface area contributed by atoms with Gasteiger partial charge in [0.1, 0.15) is 0 Å². The Balaban J connectivity index is 2.55. The van der Waals surface area contributed by atoms with E-state index < -0.39 is 0 Å². The second kappa shape index (κ2) is 4.62. The van der Waals surface area contributed by atoms with Crippen molar-refractivity contribution in [3.63, 3.8) is 0 Å². The minimum absolute atomic E-state index is 0.315. The van der Waals surface area contributed by atoms with Gasteiger partial charge in [-0.05, 0) is 24.6 Å². The van der Waals surface area contributed by atoms with E-state index in [0.717, 1.165) is 24.5 Å². The highest BCUT2D eigenvalue weighted by Crippen LogP contribution is 2.15. The summed E-state index contributed by atoms with van der Waals surface area (Å²) in [6.07, 6.45) is 1.76. The first-order chi connectivity index (χ1) is 6.87. The molecule has 1 heterocycles. The number of anilines is 1. The molecule has 3 nitrogen and oxygen atoms in total. The zero-order chi connectivity index (χ0) is 11.5. The zero-order valence-corrected chi connectivity index (χ0v) is 10.1. The van der Waals surface area contributed by atoms with Crippen molar-refractivity contribution in [1.29, 1.82) is 0 Å². The molecule has 0 amide bonds. The molecule has 0 unspecified atom stereocenters. The minimum atomic E-state index is 0.315. The highest BCUT2D eigenvalue weighted by atomic mass is 15.1. The number of hydrogen-bond acceptors (Lipinski definition) is 3. The molecule has 1 rings (SSSR count). The number of rotatable bonds is 3. The van der Waals surface area contributed by atoms with Gasteiger partial charge in [-0.25, -0.2) is 0 Å². The Morgan fingerprint density at radius 2 is 2.07 bits per heavy atom. The van der Waals surface area contributed by atoms with E-state index in [-0.39, 0.29) is 0 Å². The molecule has 0 aliphatic carbocycles. The van der Waals surface area contributed by atoms with Gasteiger partial charge >= 0.3 is 0 Å². The molecule has 0 aliphatic rings. The Morgan fingerprint density at radius 3 is 2.60 bits per heavy atom. The van der Waals surface area contributed by atoms with Gasteiger partial charge in [0, 0.05) is 25.0 Å². The molecule has 2 N–H and O–H groups in total. The lowest BCUT2D eigenvalue weighted by Crippen LogP contribution is -2.29. The van der Waals surface area contributed by atoms with Gasteiger partial charge in [0.25, 0.3) is 0 Å². The van der Waals surface area contributed by atoms with Crippen LogP contribution in [0.2, 0.25) is 0 Å². The summed E-state index contributed by atoms with van der Waals surface area (Å²) in [5, 5.41) is 0. The second-order valence-electron chi connectivity index (χ2n) is 5.31. The first-order valence-corrected chi connectivity index (χ1v) is 5.26. The van der Waals surface area contributed by atoms with Gasteiger partial charge in [-0.15, -0.1) is 0 Å². The first kappa shape index (κ1) is 12.0. The van der Waals surface area contributed by atoms with Gasteiger partial charge in [-0.2, -0.15) is 0 Å². The number of aromatic nitrogens is 1. The van der Waals surface area contributed by atoms with Gasteiger partial charge in [-0.1, -0.05) is 20.8 Å². The van der Waals surface area contributed by atoms with Crippen molar-refractivity contribution < 1.29 is 0 Å². The Labute approximate surface area is 92.3 Å². The molecule has 3 heteroatoms. The van der Waals surface area contributed by atoms with E-state index in [4.69, 9.17) is 5.73 Å². The molecule has 1 aromatic heterocycles. The molecule has 0 aliphatic heterocycles. The number of nitrogens with zero attached hydrogens (tertiary/aromatic N) is 2. The predicted molar refractivity (Wildman–Crippen MR) is 64.4 cm³/mol. The number of pyridine rings is 1. The van der Waals surface area contributed by atoms with Crippen LogP contribution >= 0.6 is 0 Å². The Bertz CT molecular complexity index is 315. The van der Waals surface area contributed by atoms with Gasteiger partial charge in [0.15, 0.2) is 0 Å². The van der Waals surface area contributed by atoms with E-state index in [1.807, 2.05) is 12.1 Å². The first-order valence-electron chi connectivity index (χ1n) is 5.26. The highest BCUT2D eigenvalue weighted by molar-refractivity contribution is 5.37. The molecule has 1 aromatic rings. The monoisotopic (exact) mass is 207 g/mol. The van der Waals surface area contributed by atoms with Crippen LogP contribution in [0.3, 0.4) is 0 Å². The van der Waals surface area contributed by atoms with E-state index in [0.29, 0.717) is 5.41 Å². The molecule has 0 atom stereocenters. The van der Waals surface area contributed by atoms with E-state index in [9.17, 15) is 0 Å². The average Bonchev–Trinajstić information content (AvgIpc) is 1.99. The molecule has 0 spiro atoms. The van der Waals surface area contributed by atoms with Crippen LogP contribution in [0.15, 0.2) is 18.3 Å². The Hall–Kier alpha value is -1.09. The number of nitrogen functional groups attached to an aromatic ring is 1. The third-order valence-electron chi connectivity index (χ3n) is 2.02. The third-order valence-corrected chi connectivity index (χ3v) is 2.02. The average molecular weight is 207 g/mol. The summed E-state index contributed by atoms with van der Waals surface area (Å²) < 4.78 is 0. The predicted octanol–water partition coefficient (Wildman–Crippen LogP) is 2.14. The van der Waals surface area contributed by atoms with Crippen molar-refractivity contribution in [2.45, 2.75) is 27.3 Å². The summed E-state index contributed by atoms with van der Waals surface area (Å²) in [6.45, 7) is 8.59. The summed E-state index contributed by atoms with van der Waals surface area (Å²) in [6, 6.07) is 3.74. The summed E-state index contributed by atoms with van der Waals surface area (Å²) in [5.41, 5.74) is 7.83. The molecule has 0 aromatic carbocycles. The largest absolute Gasteiger partial charge is 0.399 e. The lowest BCUT2D eigenvalue weighted by molar-refractivity contribution is 0.219. The summed E-state index contributed by atoms with van der Waals surface area (Å²) >= 11 is 0. The maximum absolute atomic E-state index is 5.70. The fourth-order valence-corrected chi connectivity index (χ4v) is 1.73. The molecule has 0 radical (unpaired) electrons. The SMILES string of the molecule is CN(Cc1cc(N)ccn1)CC(C)(C)C. The Kier molecular flexibility index (Phi) is 3.69. The molecule has 84 valence electrons. The fourth-order valence-electron chi connectivity index (χ4n) is 1.73. The summed E-state index contributed by atoms with van der Waals surface area (Å²) in [5.74, 6) is 0. The number of hydrogen-bond donors (Lipinski definition) is 1. The molecule has 15 heavy (non-hydrogen) atoms. The van der Waals surface area contributed by atoms with Crippen molar-refractivity contribution >= 4 is 5.69 Å². The van der Waals surface area contributed by atoms with Crippen molar-refractivity contribution in [3.8, 4) is 0 Å².